The highest BCUT2D eigenvalue weighted by Crippen LogP contribution is 2.25. The van der Waals surface area contributed by atoms with Gasteiger partial charge in [-0.15, -0.1) is 0 Å². The molecule has 0 atom stereocenters. The van der Waals surface area contributed by atoms with Crippen molar-refractivity contribution in [1.29, 1.82) is 0 Å². The summed E-state index contributed by atoms with van der Waals surface area (Å²) in [5, 5.41) is 15.0. The van der Waals surface area contributed by atoms with Crippen LogP contribution < -0.4 is 11.0 Å². The molecule has 7 nitrogen and oxygen atoms in total. The van der Waals surface area contributed by atoms with Gasteiger partial charge in [-0.3, -0.25) is 4.79 Å². The van der Waals surface area contributed by atoms with Gasteiger partial charge >= 0.3 is 5.69 Å². The number of hydrogen-bond acceptors (Lipinski definition) is 4. The summed E-state index contributed by atoms with van der Waals surface area (Å²) in [6.07, 6.45) is 0. The lowest BCUT2D eigenvalue weighted by Crippen LogP contribution is -2.19. The topological polar surface area (TPSA) is 92.7 Å². The van der Waals surface area contributed by atoms with Crippen LogP contribution in [0.5, 0.6) is 0 Å². The molecule has 0 aliphatic heterocycles. The number of aromatic nitrogens is 4. The Bertz CT molecular complexity index is 1230. The van der Waals surface area contributed by atoms with E-state index in [-0.39, 0.29) is 5.91 Å². The fourth-order valence-corrected chi connectivity index (χ4v) is 3.04. The number of anilines is 1. The van der Waals surface area contributed by atoms with Gasteiger partial charge in [-0.25, -0.2) is 9.89 Å². The molecular formula is C18H11Cl2N5O2. The lowest BCUT2D eigenvalue weighted by molar-refractivity contribution is 0.102. The molecule has 3 aromatic carbocycles. The Morgan fingerprint density at radius 1 is 0.963 bits per heavy atom. The molecule has 0 saturated heterocycles. The molecule has 0 aliphatic rings. The number of nitrogens with zero attached hydrogens (tertiary/aromatic N) is 3. The number of H-pyrrole nitrogens is 1. The molecule has 4 rings (SSSR count). The summed E-state index contributed by atoms with van der Waals surface area (Å²) in [6.45, 7) is 0. The summed E-state index contributed by atoms with van der Waals surface area (Å²) in [7, 11) is 0. The minimum Gasteiger partial charge on any atom is -0.320 e. The maximum atomic E-state index is 12.7. The fourth-order valence-electron chi connectivity index (χ4n) is 2.69. The third-order valence-corrected chi connectivity index (χ3v) is 4.44. The number of tetrazole rings is 1. The highest BCUT2D eigenvalue weighted by molar-refractivity contribution is 6.31. The molecule has 0 spiro atoms. The Balaban J connectivity index is 1.70. The molecular weight excluding hydrogens is 389 g/mol. The van der Waals surface area contributed by atoms with Gasteiger partial charge in [0.2, 0.25) is 0 Å². The third kappa shape index (κ3) is 3.42. The molecule has 0 bridgehead atoms. The van der Waals surface area contributed by atoms with E-state index in [9.17, 15) is 9.59 Å². The van der Waals surface area contributed by atoms with Crippen LogP contribution in [0.2, 0.25) is 10.0 Å². The Morgan fingerprint density at radius 3 is 2.44 bits per heavy atom. The van der Waals surface area contributed by atoms with E-state index in [1.807, 2.05) is 18.2 Å². The molecule has 1 amide bonds. The van der Waals surface area contributed by atoms with Gasteiger partial charge in [-0.05, 0) is 63.7 Å². The van der Waals surface area contributed by atoms with E-state index < -0.39 is 5.69 Å². The van der Waals surface area contributed by atoms with Gasteiger partial charge in [0.05, 0.1) is 11.4 Å². The summed E-state index contributed by atoms with van der Waals surface area (Å²) in [6, 6.07) is 15.4. The number of fused-ring (bicyclic) bond motifs is 1. The number of carbonyl (C=O) groups is 1. The monoisotopic (exact) mass is 399 g/mol. The predicted molar refractivity (Wildman–Crippen MR) is 104 cm³/mol. The molecule has 2 N–H and O–H groups in total. The Kier molecular flexibility index (Phi) is 4.39. The van der Waals surface area contributed by atoms with Crippen molar-refractivity contribution in [3.05, 3.63) is 80.7 Å². The van der Waals surface area contributed by atoms with E-state index in [1.54, 1.807) is 30.3 Å². The second kappa shape index (κ2) is 6.86. The van der Waals surface area contributed by atoms with Gasteiger partial charge in [0, 0.05) is 15.6 Å². The summed E-state index contributed by atoms with van der Waals surface area (Å²) < 4.78 is 1.02. The van der Waals surface area contributed by atoms with Gasteiger partial charge in [0.25, 0.3) is 5.91 Å². The van der Waals surface area contributed by atoms with Crippen molar-refractivity contribution in [3.63, 3.8) is 0 Å². The number of aromatic amines is 1. The normalized spacial score (nSPS) is 10.9. The lowest BCUT2D eigenvalue weighted by atomic mass is 10.1. The molecule has 1 heterocycles. The van der Waals surface area contributed by atoms with E-state index in [1.165, 1.54) is 6.07 Å². The average molecular weight is 400 g/mol. The first-order valence-corrected chi connectivity index (χ1v) is 8.58. The van der Waals surface area contributed by atoms with Crippen LogP contribution in [-0.2, 0) is 0 Å². The zero-order valence-electron chi connectivity index (χ0n) is 13.6. The first-order valence-electron chi connectivity index (χ1n) is 7.82. The number of halogens is 2. The minimum atomic E-state index is -0.546. The summed E-state index contributed by atoms with van der Waals surface area (Å²) in [5.41, 5.74) is 0.590. The van der Waals surface area contributed by atoms with Gasteiger partial charge in [0.15, 0.2) is 0 Å². The van der Waals surface area contributed by atoms with Gasteiger partial charge in [-0.2, -0.15) is 4.68 Å². The first-order chi connectivity index (χ1) is 13.0. The zero-order chi connectivity index (χ0) is 19.0. The van der Waals surface area contributed by atoms with Crippen LogP contribution in [0.15, 0.2) is 59.4 Å². The predicted octanol–water partition coefficient (Wildman–Crippen LogP) is 3.67. The average Bonchev–Trinajstić information content (AvgIpc) is 3.08. The smallest absolute Gasteiger partial charge is 0.320 e. The Morgan fingerprint density at radius 2 is 1.67 bits per heavy atom. The van der Waals surface area contributed by atoms with Crippen LogP contribution in [0, 0.1) is 0 Å². The summed E-state index contributed by atoms with van der Waals surface area (Å²) in [5.74, 6) is -0.341. The van der Waals surface area contributed by atoms with Crippen molar-refractivity contribution < 1.29 is 4.79 Å². The van der Waals surface area contributed by atoms with Crippen LogP contribution >= 0.6 is 23.2 Å². The molecule has 4 aromatic rings. The fraction of sp³-hybridized carbons (Fsp3) is 0. The number of benzene rings is 3. The second-order valence-corrected chi connectivity index (χ2v) is 6.61. The molecule has 134 valence electrons. The van der Waals surface area contributed by atoms with E-state index in [0.29, 0.717) is 27.0 Å². The van der Waals surface area contributed by atoms with E-state index in [2.05, 4.69) is 20.8 Å². The first kappa shape index (κ1) is 17.3. The standard InChI is InChI=1S/C18H11Cl2N5O2/c19-13-4-3-10-7-12(2-1-11(10)8-13)17(26)21-15-6-5-14(20)9-16(15)25-18(27)22-23-24-25/h1-9H,(H,21,26)(H,22,24,27). The largest absolute Gasteiger partial charge is 0.365 e. The molecule has 27 heavy (non-hydrogen) atoms. The Labute approximate surface area is 162 Å². The SMILES string of the molecule is O=C(Nc1ccc(Cl)cc1-n1nn[nH]c1=O)c1ccc2cc(Cl)ccc2c1. The van der Waals surface area contributed by atoms with E-state index in [0.717, 1.165) is 15.5 Å². The number of amides is 1. The van der Waals surface area contributed by atoms with Crippen LogP contribution in [0.25, 0.3) is 16.5 Å². The zero-order valence-corrected chi connectivity index (χ0v) is 15.1. The van der Waals surface area contributed by atoms with Crippen molar-refractivity contribution in [3.8, 4) is 5.69 Å². The van der Waals surface area contributed by atoms with E-state index in [4.69, 9.17) is 23.2 Å². The Hall–Kier alpha value is -3.16. The van der Waals surface area contributed by atoms with Crippen LogP contribution in [0.3, 0.4) is 0 Å². The van der Waals surface area contributed by atoms with Gasteiger partial charge < -0.3 is 5.32 Å². The summed E-state index contributed by atoms with van der Waals surface area (Å²) >= 11 is 12.0. The van der Waals surface area contributed by atoms with Crippen molar-refractivity contribution in [2.24, 2.45) is 0 Å². The third-order valence-electron chi connectivity index (χ3n) is 3.97. The number of hydrogen-bond donors (Lipinski definition) is 2. The van der Waals surface area contributed by atoms with Crippen LogP contribution in [-0.4, -0.2) is 26.1 Å². The minimum absolute atomic E-state index is 0.308. The number of rotatable bonds is 3. The number of nitrogens with one attached hydrogen (secondary N) is 2. The molecule has 1 aromatic heterocycles. The highest BCUT2D eigenvalue weighted by Gasteiger charge is 2.14. The maximum Gasteiger partial charge on any atom is 0.365 e. The quantitative estimate of drug-likeness (QED) is 0.549. The van der Waals surface area contributed by atoms with Gasteiger partial charge in [0.1, 0.15) is 0 Å². The lowest BCUT2D eigenvalue weighted by Gasteiger charge is -2.11. The van der Waals surface area contributed by atoms with Gasteiger partial charge in [-0.1, -0.05) is 35.3 Å². The van der Waals surface area contributed by atoms with Crippen LogP contribution in [0.1, 0.15) is 10.4 Å². The molecule has 9 heteroatoms. The van der Waals surface area contributed by atoms with Crippen molar-refractivity contribution >= 4 is 45.6 Å². The second-order valence-electron chi connectivity index (χ2n) is 5.74. The molecule has 0 radical (unpaired) electrons. The van der Waals surface area contributed by atoms with Crippen molar-refractivity contribution in [2.45, 2.75) is 0 Å². The molecule has 0 aliphatic carbocycles. The van der Waals surface area contributed by atoms with Crippen LogP contribution in [0.4, 0.5) is 5.69 Å². The molecule has 0 saturated carbocycles. The maximum absolute atomic E-state index is 12.7. The number of carbonyl (C=O) groups excluding carboxylic acids is 1. The van der Waals surface area contributed by atoms with Crippen molar-refractivity contribution in [1.82, 2.24) is 20.2 Å². The molecule has 0 unspecified atom stereocenters. The molecule has 0 fully saturated rings. The van der Waals surface area contributed by atoms with Crippen molar-refractivity contribution in [2.75, 3.05) is 5.32 Å². The van der Waals surface area contributed by atoms with E-state index >= 15 is 0 Å². The summed E-state index contributed by atoms with van der Waals surface area (Å²) in [4.78, 5) is 24.5. The highest BCUT2D eigenvalue weighted by atomic mass is 35.5.